The summed E-state index contributed by atoms with van der Waals surface area (Å²) in [6.07, 6.45) is 5.77. The standard InChI is InChI=1S/C21H23NO2/c1-3-24-15-12-10-14(11-13-15)20-17-7-4-6-16(17)18-8-5-9-19(23-2)21(18)22-20/h4-6,8-13,16-17,20,22H,3,7H2,1-2H3. The summed E-state index contributed by atoms with van der Waals surface area (Å²) in [5.74, 6) is 2.84. The molecule has 3 atom stereocenters. The average Bonchev–Trinajstić information content (AvgIpc) is 3.11. The van der Waals surface area contributed by atoms with Gasteiger partial charge in [0.25, 0.3) is 0 Å². The minimum Gasteiger partial charge on any atom is -0.495 e. The van der Waals surface area contributed by atoms with Crippen molar-refractivity contribution in [3.63, 3.8) is 0 Å². The van der Waals surface area contributed by atoms with Crippen LogP contribution in [0, 0.1) is 5.92 Å². The van der Waals surface area contributed by atoms with Crippen LogP contribution in [0.3, 0.4) is 0 Å². The van der Waals surface area contributed by atoms with Gasteiger partial charge in [0.15, 0.2) is 0 Å². The van der Waals surface area contributed by atoms with Gasteiger partial charge >= 0.3 is 0 Å². The van der Waals surface area contributed by atoms with Crippen LogP contribution >= 0.6 is 0 Å². The molecule has 0 spiro atoms. The molecule has 4 rings (SSSR count). The Kier molecular flexibility index (Phi) is 3.93. The first-order valence-corrected chi connectivity index (χ1v) is 8.64. The predicted octanol–water partition coefficient (Wildman–Crippen LogP) is 4.92. The van der Waals surface area contributed by atoms with Crippen molar-refractivity contribution in [2.75, 3.05) is 19.0 Å². The lowest BCUT2D eigenvalue weighted by Crippen LogP contribution is -2.29. The van der Waals surface area contributed by atoms with E-state index in [4.69, 9.17) is 9.47 Å². The highest BCUT2D eigenvalue weighted by molar-refractivity contribution is 5.67. The number of allylic oxidation sites excluding steroid dienone is 2. The van der Waals surface area contributed by atoms with Crippen LogP contribution in [0.2, 0.25) is 0 Å². The van der Waals surface area contributed by atoms with Gasteiger partial charge in [-0.2, -0.15) is 0 Å². The predicted molar refractivity (Wildman–Crippen MR) is 97.0 cm³/mol. The van der Waals surface area contributed by atoms with Crippen molar-refractivity contribution in [1.29, 1.82) is 0 Å². The van der Waals surface area contributed by atoms with Crippen molar-refractivity contribution < 1.29 is 9.47 Å². The highest BCUT2D eigenvalue weighted by Crippen LogP contribution is 2.52. The van der Waals surface area contributed by atoms with Crippen molar-refractivity contribution in [3.05, 3.63) is 65.7 Å². The zero-order chi connectivity index (χ0) is 16.5. The summed E-state index contributed by atoms with van der Waals surface area (Å²) in [7, 11) is 1.74. The molecule has 24 heavy (non-hydrogen) atoms. The Labute approximate surface area is 143 Å². The van der Waals surface area contributed by atoms with E-state index in [2.05, 4.69) is 53.9 Å². The highest BCUT2D eigenvalue weighted by atomic mass is 16.5. The van der Waals surface area contributed by atoms with E-state index in [0.29, 0.717) is 18.4 Å². The van der Waals surface area contributed by atoms with Crippen LogP contribution in [-0.2, 0) is 0 Å². The van der Waals surface area contributed by atoms with E-state index in [-0.39, 0.29) is 6.04 Å². The molecule has 3 heteroatoms. The fraction of sp³-hybridized carbons (Fsp3) is 0.333. The Morgan fingerprint density at radius 3 is 2.71 bits per heavy atom. The largest absolute Gasteiger partial charge is 0.495 e. The number of hydrogen-bond donors (Lipinski definition) is 1. The Morgan fingerprint density at radius 2 is 1.96 bits per heavy atom. The summed E-state index contributed by atoms with van der Waals surface area (Å²) < 4.78 is 11.2. The summed E-state index contributed by atoms with van der Waals surface area (Å²) in [6, 6.07) is 15.1. The quantitative estimate of drug-likeness (QED) is 0.811. The van der Waals surface area contributed by atoms with Gasteiger partial charge in [0.1, 0.15) is 11.5 Å². The zero-order valence-electron chi connectivity index (χ0n) is 14.2. The van der Waals surface area contributed by atoms with Crippen LogP contribution in [0.25, 0.3) is 0 Å². The molecule has 0 radical (unpaired) electrons. The van der Waals surface area contributed by atoms with Crippen LogP contribution < -0.4 is 14.8 Å². The molecule has 0 saturated carbocycles. The first kappa shape index (κ1) is 15.1. The third kappa shape index (κ3) is 2.44. The van der Waals surface area contributed by atoms with Gasteiger partial charge in [-0.05, 0) is 48.6 Å². The molecule has 124 valence electrons. The third-order valence-electron chi connectivity index (χ3n) is 5.13. The topological polar surface area (TPSA) is 30.5 Å². The Balaban J connectivity index is 1.72. The van der Waals surface area contributed by atoms with Gasteiger partial charge in [0, 0.05) is 5.92 Å². The lowest BCUT2D eigenvalue weighted by molar-refractivity contribution is 0.340. The number of anilines is 1. The molecule has 2 aromatic carbocycles. The first-order valence-electron chi connectivity index (χ1n) is 8.64. The maximum atomic E-state index is 5.59. The summed E-state index contributed by atoms with van der Waals surface area (Å²) >= 11 is 0. The van der Waals surface area contributed by atoms with E-state index >= 15 is 0 Å². The van der Waals surface area contributed by atoms with Gasteiger partial charge in [-0.25, -0.2) is 0 Å². The van der Waals surface area contributed by atoms with Crippen LogP contribution in [-0.4, -0.2) is 13.7 Å². The molecule has 1 aliphatic carbocycles. The Hall–Kier alpha value is -2.42. The molecule has 0 saturated heterocycles. The molecular formula is C21H23NO2. The normalized spacial score (nSPS) is 24.0. The van der Waals surface area contributed by atoms with Crippen LogP contribution in [0.15, 0.2) is 54.6 Å². The second kappa shape index (κ2) is 6.23. The summed E-state index contributed by atoms with van der Waals surface area (Å²) in [4.78, 5) is 0. The van der Waals surface area contributed by atoms with Crippen LogP contribution in [0.5, 0.6) is 11.5 Å². The molecule has 1 N–H and O–H groups in total. The Bertz CT molecular complexity index is 751. The van der Waals surface area contributed by atoms with Crippen molar-refractivity contribution >= 4 is 5.69 Å². The average molecular weight is 321 g/mol. The number of hydrogen-bond acceptors (Lipinski definition) is 3. The second-order valence-corrected chi connectivity index (χ2v) is 6.40. The van der Waals surface area contributed by atoms with Crippen molar-refractivity contribution in [2.24, 2.45) is 5.92 Å². The van der Waals surface area contributed by atoms with Gasteiger partial charge in [0.2, 0.25) is 0 Å². The van der Waals surface area contributed by atoms with E-state index in [1.807, 2.05) is 13.0 Å². The molecule has 0 bridgehead atoms. The van der Waals surface area contributed by atoms with Crippen LogP contribution in [0.1, 0.15) is 36.4 Å². The van der Waals surface area contributed by atoms with Gasteiger partial charge in [-0.15, -0.1) is 0 Å². The molecular weight excluding hydrogens is 298 g/mol. The monoisotopic (exact) mass is 321 g/mol. The van der Waals surface area contributed by atoms with E-state index in [0.717, 1.165) is 23.6 Å². The van der Waals surface area contributed by atoms with Crippen molar-refractivity contribution in [1.82, 2.24) is 0 Å². The molecule has 3 unspecified atom stereocenters. The number of nitrogens with one attached hydrogen (secondary N) is 1. The molecule has 0 amide bonds. The van der Waals surface area contributed by atoms with Crippen LogP contribution in [0.4, 0.5) is 5.69 Å². The molecule has 1 heterocycles. The lowest BCUT2D eigenvalue weighted by Gasteiger charge is -2.38. The lowest BCUT2D eigenvalue weighted by atomic mass is 9.77. The van der Waals surface area contributed by atoms with Gasteiger partial charge in [0.05, 0.1) is 25.4 Å². The van der Waals surface area contributed by atoms with E-state index in [9.17, 15) is 0 Å². The molecule has 0 fully saturated rings. The van der Waals surface area contributed by atoms with Gasteiger partial charge < -0.3 is 14.8 Å². The number of rotatable bonds is 4. The zero-order valence-corrected chi connectivity index (χ0v) is 14.2. The SMILES string of the molecule is CCOc1ccc(C2Nc3c(OC)cccc3C3C=CCC32)cc1. The maximum absolute atomic E-state index is 5.59. The fourth-order valence-corrected chi connectivity index (χ4v) is 4.03. The molecule has 0 aromatic heterocycles. The number of fused-ring (bicyclic) bond motifs is 3. The highest BCUT2D eigenvalue weighted by Gasteiger charge is 2.38. The minimum absolute atomic E-state index is 0.282. The minimum atomic E-state index is 0.282. The van der Waals surface area contributed by atoms with Gasteiger partial charge in [-0.1, -0.05) is 36.4 Å². The summed E-state index contributed by atoms with van der Waals surface area (Å²) in [5, 5.41) is 3.75. The molecule has 2 aromatic rings. The number of para-hydroxylation sites is 1. The number of methoxy groups -OCH3 is 1. The number of benzene rings is 2. The van der Waals surface area contributed by atoms with E-state index in [1.54, 1.807) is 7.11 Å². The smallest absolute Gasteiger partial charge is 0.142 e. The first-order chi connectivity index (χ1) is 11.8. The summed E-state index contributed by atoms with van der Waals surface area (Å²) in [5.41, 5.74) is 3.77. The molecule has 1 aliphatic heterocycles. The van der Waals surface area contributed by atoms with E-state index < -0.39 is 0 Å². The maximum Gasteiger partial charge on any atom is 0.142 e. The van der Waals surface area contributed by atoms with Gasteiger partial charge in [-0.3, -0.25) is 0 Å². The molecule has 3 nitrogen and oxygen atoms in total. The fourth-order valence-electron chi connectivity index (χ4n) is 4.03. The second-order valence-electron chi connectivity index (χ2n) is 6.40. The number of ether oxygens (including phenoxy) is 2. The molecule has 2 aliphatic rings. The van der Waals surface area contributed by atoms with Crippen molar-refractivity contribution in [3.8, 4) is 11.5 Å². The third-order valence-corrected chi connectivity index (χ3v) is 5.13. The Morgan fingerprint density at radius 1 is 1.12 bits per heavy atom. The van der Waals surface area contributed by atoms with E-state index in [1.165, 1.54) is 11.1 Å². The summed E-state index contributed by atoms with van der Waals surface area (Å²) in [6.45, 7) is 2.70. The van der Waals surface area contributed by atoms with Crippen molar-refractivity contribution in [2.45, 2.75) is 25.3 Å².